The highest BCUT2D eigenvalue weighted by Crippen LogP contribution is 2.25. The van der Waals surface area contributed by atoms with E-state index < -0.39 is 0 Å². The predicted octanol–water partition coefficient (Wildman–Crippen LogP) is 2.19. The van der Waals surface area contributed by atoms with Gasteiger partial charge in [0, 0.05) is 18.3 Å². The van der Waals surface area contributed by atoms with Crippen LogP contribution in [0.15, 0.2) is 18.2 Å². The summed E-state index contributed by atoms with van der Waals surface area (Å²) in [4.78, 5) is 11.1. The summed E-state index contributed by atoms with van der Waals surface area (Å²) in [6.07, 6.45) is 0. The van der Waals surface area contributed by atoms with Gasteiger partial charge in [-0.3, -0.25) is 0 Å². The summed E-state index contributed by atoms with van der Waals surface area (Å²) in [5.74, 6) is -0.0547. The third-order valence-electron chi connectivity index (χ3n) is 1.54. The lowest BCUT2D eigenvalue weighted by atomic mass is 10.3. The second-order valence-corrected chi connectivity index (χ2v) is 3.06. The molecular weight excluding hydrogens is 204 g/mol. The first-order valence-electron chi connectivity index (χ1n) is 4.17. The van der Waals surface area contributed by atoms with Crippen molar-refractivity contribution in [3.05, 3.63) is 23.2 Å². The van der Waals surface area contributed by atoms with Gasteiger partial charge in [-0.15, -0.1) is 0 Å². The molecule has 3 N–H and O–H groups in total. The number of urea groups is 1. The normalized spacial score (nSPS) is 9.57. The zero-order chi connectivity index (χ0) is 10.6. The molecule has 76 valence electrons. The average molecular weight is 215 g/mol. The van der Waals surface area contributed by atoms with E-state index in [0.717, 1.165) is 0 Å². The minimum atomic E-state index is -0.311. The van der Waals surface area contributed by atoms with Gasteiger partial charge in [-0.1, -0.05) is 11.6 Å². The van der Waals surface area contributed by atoms with E-state index in [-0.39, 0.29) is 16.8 Å². The fraction of sp³-hybridized carbons (Fsp3) is 0.222. The maximum atomic E-state index is 11.1. The standard InChI is InChI=1S/C9H11ClN2O2/c1-2-11-9(14)12-6-3-4-7(10)8(13)5-6/h3-5,13H,2H2,1H3,(H2,11,12,14). The van der Waals surface area contributed by atoms with Gasteiger partial charge in [-0.05, 0) is 19.1 Å². The average Bonchev–Trinajstić information content (AvgIpc) is 2.12. The number of aromatic hydroxyl groups is 1. The van der Waals surface area contributed by atoms with Crippen molar-refractivity contribution in [1.82, 2.24) is 5.32 Å². The van der Waals surface area contributed by atoms with E-state index in [1.54, 1.807) is 6.07 Å². The third-order valence-corrected chi connectivity index (χ3v) is 1.86. The van der Waals surface area contributed by atoms with Gasteiger partial charge in [0.05, 0.1) is 5.02 Å². The molecule has 2 amide bonds. The van der Waals surface area contributed by atoms with E-state index >= 15 is 0 Å². The van der Waals surface area contributed by atoms with Gasteiger partial charge in [-0.2, -0.15) is 0 Å². The number of halogens is 1. The van der Waals surface area contributed by atoms with Crippen molar-refractivity contribution in [3.63, 3.8) is 0 Å². The Kier molecular flexibility index (Phi) is 3.59. The Morgan fingerprint density at radius 3 is 2.86 bits per heavy atom. The lowest BCUT2D eigenvalue weighted by molar-refractivity contribution is 0.252. The van der Waals surface area contributed by atoms with Gasteiger partial charge in [0.25, 0.3) is 0 Å². The van der Waals surface area contributed by atoms with Gasteiger partial charge in [0.2, 0.25) is 0 Å². The second-order valence-electron chi connectivity index (χ2n) is 2.65. The van der Waals surface area contributed by atoms with Crippen molar-refractivity contribution in [1.29, 1.82) is 0 Å². The lowest BCUT2D eigenvalue weighted by Gasteiger charge is -2.06. The maximum Gasteiger partial charge on any atom is 0.319 e. The molecule has 0 aliphatic carbocycles. The molecule has 0 aliphatic heterocycles. The highest BCUT2D eigenvalue weighted by molar-refractivity contribution is 6.32. The van der Waals surface area contributed by atoms with Crippen LogP contribution in [0.2, 0.25) is 5.02 Å². The third kappa shape index (κ3) is 2.81. The van der Waals surface area contributed by atoms with Crippen molar-refractivity contribution in [3.8, 4) is 5.75 Å². The summed E-state index contributed by atoms with van der Waals surface area (Å²) in [5.41, 5.74) is 0.498. The SMILES string of the molecule is CCNC(=O)Nc1ccc(Cl)c(O)c1. The molecule has 0 bridgehead atoms. The fourth-order valence-corrected chi connectivity index (χ4v) is 1.04. The minimum Gasteiger partial charge on any atom is -0.506 e. The summed E-state index contributed by atoms with van der Waals surface area (Å²) >= 11 is 5.60. The molecule has 0 aromatic heterocycles. The van der Waals surface area contributed by atoms with Crippen LogP contribution in [-0.2, 0) is 0 Å². The summed E-state index contributed by atoms with van der Waals surface area (Å²) in [6, 6.07) is 4.20. The van der Waals surface area contributed by atoms with Crippen LogP contribution in [0.3, 0.4) is 0 Å². The van der Waals surface area contributed by atoms with Crippen molar-refractivity contribution in [2.24, 2.45) is 0 Å². The zero-order valence-electron chi connectivity index (χ0n) is 7.67. The second kappa shape index (κ2) is 4.72. The van der Waals surface area contributed by atoms with Crippen LogP contribution >= 0.6 is 11.6 Å². The minimum absolute atomic E-state index is 0.0547. The first-order chi connectivity index (χ1) is 6.63. The topological polar surface area (TPSA) is 61.4 Å². The molecule has 0 aliphatic rings. The van der Waals surface area contributed by atoms with E-state index in [0.29, 0.717) is 12.2 Å². The Morgan fingerprint density at radius 2 is 2.29 bits per heavy atom. The number of rotatable bonds is 2. The summed E-state index contributed by atoms with van der Waals surface area (Å²) in [6.45, 7) is 2.37. The van der Waals surface area contributed by atoms with Gasteiger partial charge >= 0.3 is 6.03 Å². The highest BCUT2D eigenvalue weighted by atomic mass is 35.5. The lowest BCUT2D eigenvalue weighted by Crippen LogP contribution is -2.28. The zero-order valence-corrected chi connectivity index (χ0v) is 8.43. The smallest absolute Gasteiger partial charge is 0.319 e. The van der Waals surface area contributed by atoms with E-state index in [1.165, 1.54) is 12.1 Å². The van der Waals surface area contributed by atoms with Crippen LogP contribution in [-0.4, -0.2) is 17.7 Å². The van der Waals surface area contributed by atoms with Crippen molar-refractivity contribution in [2.45, 2.75) is 6.92 Å². The van der Waals surface area contributed by atoms with Crippen LogP contribution in [0.25, 0.3) is 0 Å². The van der Waals surface area contributed by atoms with Crippen molar-refractivity contribution in [2.75, 3.05) is 11.9 Å². The molecule has 0 radical (unpaired) electrons. The number of hydrogen-bond acceptors (Lipinski definition) is 2. The molecule has 0 fully saturated rings. The predicted molar refractivity (Wildman–Crippen MR) is 55.8 cm³/mol. The van der Waals surface area contributed by atoms with E-state index in [9.17, 15) is 9.90 Å². The number of anilines is 1. The van der Waals surface area contributed by atoms with E-state index in [1.807, 2.05) is 6.92 Å². The molecule has 0 atom stereocenters. The van der Waals surface area contributed by atoms with Gasteiger partial charge in [0.1, 0.15) is 5.75 Å². The van der Waals surface area contributed by atoms with Crippen LogP contribution in [0.4, 0.5) is 10.5 Å². The molecule has 0 unspecified atom stereocenters. The van der Waals surface area contributed by atoms with E-state index in [4.69, 9.17) is 11.6 Å². The molecule has 14 heavy (non-hydrogen) atoms. The number of phenolic OH excluding ortho intramolecular Hbond substituents is 1. The number of carbonyl (C=O) groups excluding carboxylic acids is 1. The first kappa shape index (κ1) is 10.7. The molecule has 0 saturated heterocycles. The number of hydrogen-bond donors (Lipinski definition) is 3. The number of phenols is 1. The summed E-state index contributed by atoms with van der Waals surface area (Å²) < 4.78 is 0. The van der Waals surface area contributed by atoms with Crippen molar-refractivity contribution >= 4 is 23.3 Å². The quantitative estimate of drug-likeness (QED) is 0.707. The van der Waals surface area contributed by atoms with Gasteiger partial charge < -0.3 is 15.7 Å². The number of benzene rings is 1. The molecular formula is C9H11ClN2O2. The number of carbonyl (C=O) groups is 1. The molecule has 0 spiro atoms. The van der Waals surface area contributed by atoms with Crippen molar-refractivity contribution < 1.29 is 9.90 Å². The number of nitrogens with one attached hydrogen (secondary N) is 2. The molecule has 1 aromatic rings. The molecule has 1 rings (SSSR count). The first-order valence-corrected chi connectivity index (χ1v) is 4.54. The molecule has 0 saturated carbocycles. The number of amides is 2. The Hall–Kier alpha value is -1.42. The van der Waals surface area contributed by atoms with Crippen LogP contribution in [0, 0.1) is 0 Å². The molecule has 5 heteroatoms. The molecule has 4 nitrogen and oxygen atoms in total. The Labute approximate surface area is 86.9 Å². The molecule has 1 aromatic carbocycles. The van der Waals surface area contributed by atoms with Crippen LogP contribution in [0.1, 0.15) is 6.92 Å². The summed E-state index contributed by atoms with van der Waals surface area (Å²) in [7, 11) is 0. The van der Waals surface area contributed by atoms with Gasteiger partial charge in [-0.25, -0.2) is 4.79 Å². The maximum absolute atomic E-state index is 11.1. The largest absolute Gasteiger partial charge is 0.506 e. The Bertz CT molecular complexity index is 342. The molecule has 0 heterocycles. The fourth-order valence-electron chi connectivity index (χ4n) is 0.926. The Morgan fingerprint density at radius 1 is 1.57 bits per heavy atom. The summed E-state index contributed by atoms with van der Waals surface area (Å²) in [5, 5.41) is 14.6. The van der Waals surface area contributed by atoms with Gasteiger partial charge in [0.15, 0.2) is 0 Å². The van der Waals surface area contributed by atoms with Crippen LogP contribution < -0.4 is 10.6 Å². The highest BCUT2D eigenvalue weighted by Gasteiger charge is 2.02. The van der Waals surface area contributed by atoms with Crippen LogP contribution in [0.5, 0.6) is 5.75 Å². The van der Waals surface area contributed by atoms with E-state index in [2.05, 4.69) is 10.6 Å². The monoisotopic (exact) mass is 214 g/mol. The Balaban J connectivity index is 2.68.